The summed E-state index contributed by atoms with van der Waals surface area (Å²) >= 11 is 0. The Hall–Kier alpha value is -1.36. The van der Waals surface area contributed by atoms with Crippen LogP contribution in [-0.4, -0.2) is 40.8 Å². The second kappa shape index (κ2) is 7.06. The molecule has 0 saturated heterocycles. The van der Waals surface area contributed by atoms with Gasteiger partial charge in [-0.3, -0.25) is 4.98 Å². The molecule has 0 aliphatic heterocycles. The van der Waals surface area contributed by atoms with Crippen molar-refractivity contribution in [2.45, 2.75) is 33.2 Å². The number of hydrogen-bond acceptors (Lipinski definition) is 5. The molecule has 5 nitrogen and oxygen atoms in total. The Balaban J connectivity index is 2.80. The highest BCUT2D eigenvalue weighted by Crippen LogP contribution is 2.14. The Morgan fingerprint density at radius 1 is 1.41 bits per heavy atom. The predicted molar refractivity (Wildman–Crippen MR) is 70.4 cm³/mol. The molecule has 0 spiro atoms. The quantitative estimate of drug-likeness (QED) is 0.754. The van der Waals surface area contributed by atoms with Gasteiger partial charge in [0.05, 0.1) is 19.0 Å². The SMILES string of the molecule is CCCNc1cncc(N(CCO)C(C)C)n1. The van der Waals surface area contributed by atoms with Crippen LogP contribution in [0.2, 0.25) is 0 Å². The number of aliphatic hydroxyl groups is 1. The molecule has 0 saturated carbocycles. The van der Waals surface area contributed by atoms with Crippen LogP contribution in [0.15, 0.2) is 12.4 Å². The molecule has 0 atom stereocenters. The minimum atomic E-state index is 0.118. The van der Waals surface area contributed by atoms with Crippen LogP contribution >= 0.6 is 0 Å². The molecule has 0 bridgehead atoms. The standard InChI is InChI=1S/C12H22N4O/c1-4-5-14-11-8-13-9-12(15-11)16(6-7-17)10(2)3/h8-10,17H,4-7H2,1-3H3,(H,14,15). The van der Waals surface area contributed by atoms with Crippen molar-refractivity contribution in [2.75, 3.05) is 29.9 Å². The van der Waals surface area contributed by atoms with Crippen molar-refractivity contribution >= 4 is 11.6 Å². The first-order valence-electron chi connectivity index (χ1n) is 6.12. The van der Waals surface area contributed by atoms with Crippen molar-refractivity contribution in [1.29, 1.82) is 0 Å². The van der Waals surface area contributed by atoms with Gasteiger partial charge in [-0.05, 0) is 20.3 Å². The Morgan fingerprint density at radius 2 is 2.18 bits per heavy atom. The predicted octanol–water partition coefficient (Wildman–Crippen LogP) is 1.51. The summed E-state index contributed by atoms with van der Waals surface area (Å²) < 4.78 is 0. The maximum Gasteiger partial charge on any atom is 0.149 e. The Kier molecular flexibility index (Phi) is 5.69. The van der Waals surface area contributed by atoms with Gasteiger partial charge in [0.15, 0.2) is 0 Å². The van der Waals surface area contributed by atoms with Crippen LogP contribution in [0, 0.1) is 0 Å². The summed E-state index contributed by atoms with van der Waals surface area (Å²) in [5.41, 5.74) is 0. The van der Waals surface area contributed by atoms with E-state index >= 15 is 0 Å². The van der Waals surface area contributed by atoms with E-state index in [0.717, 1.165) is 24.6 Å². The van der Waals surface area contributed by atoms with E-state index in [1.807, 2.05) is 4.90 Å². The first-order chi connectivity index (χ1) is 8.19. The number of hydrogen-bond donors (Lipinski definition) is 2. The summed E-state index contributed by atoms with van der Waals surface area (Å²) in [6, 6.07) is 0.290. The molecule has 1 heterocycles. The molecule has 1 aromatic heterocycles. The first-order valence-corrected chi connectivity index (χ1v) is 6.12. The molecule has 0 unspecified atom stereocenters. The van der Waals surface area contributed by atoms with Crippen LogP contribution in [0.4, 0.5) is 11.6 Å². The lowest BCUT2D eigenvalue weighted by Gasteiger charge is -2.26. The molecule has 0 aliphatic rings. The minimum Gasteiger partial charge on any atom is -0.395 e. The Bertz CT molecular complexity index is 330. The van der Waals surface area contributed by atoms with Gasteiger partial charge in [-0.15, -0.1) is 0 Å². The monoisotopic (exact) mass is 238 g/mol. The highest BCUT2D eigenvalue weighted by molar-refractivity contribution is 5.44. The molecule has 1 aromatic rings. The summed E-state index contributed by atoms with van der Waals surface area (Å²) in [5, 5.41) is 12.3. The second-order valence-corrected chi connectivity index (χ2v) is 4.20. The smallest absolute Gasteiger partial charge is 0.149 e. The first kappa shape index (κ1) is 13.7. The molecule has 0 radical (unpaired) electrons. The maximum absolute atomic E-state index is 9.05. The highest BCUT2D eigenvalue weighted by Gasteiger charge is 2.11. The number of nitrogens with one attached hydrogen (secondary N) is 1. The maximum atomic E-state index is 9.05. The van der Waals surface area contributed by atoms with Crippen molar-refractivity contribution in [3.63, 3.8) is 0 Å². The van der Waals surface area contributed by atoms with Gasteiger partial charge in [-0.2, -0.15) is 0 Å². The summed E-state index contributed by atoms with van der Waals surface area (Å²) in [5.74, 6) is 1.59. The Labute approximate surface area is 103 Å². The number of nitrogens with zero attached hydrogens (tertiary/aromatic N) is 3. The van der Waals surface area contributed by atoms with E-state index in [-0.39, 0.29) is 12.6 Å². The number of aliphatic hydroxyl groups excluding tert-OH is 1. The van der Waals surface area contributed by atoms with Gasteiger partial charge in [-0.25, -0.2) is 4.98 Å². The normalized spacial score (nSPS) is 10.6. The van der Waals surface area contributed by atoms with Crippen molar-refractivity contribution in [1.82, 2.24) is 9.97 Å². The molecule has 96 valence electrons. The minimum absolute atomic E-state index is 0.118. The lowest BCUT2D eigenvalue weighted by Crippen LogP contribution is -2.34. The molecular formula is C12H22N4O. The summed E-state index contributed by atoms with van der Waals surface area (Å²) in [4.78, 5) is 10.7. The number of anilines is 2. The zero-order valence-electron chi connectivity index (χ0n) is 10.8. The fourth-order valence-corrected chi connectivity index (χ4v) is 1.58. The van der Waals surface area contributed by atoms with E-state index in [1.165, 1.54) is 0 Å². The fourth-order valence-electron chi connectivity index (χ4n) is 1.58. The lowest BCUT2D eigenvalue weighted by atomic mass is 10.3. The topological polar surface area (TPSA) is 61.3 Å². The second-order valence-electron chi connectivity index (χ2n) is 4.20. The third kappa shape index (κ3) is 4.19. The molecular weight excluding hydrogens is 216 g/mol. The lowest BCUT2D eigenvalue weighted by molar-refractivity contribution is 0.298. The molecule has 17 heavy (non-hydrogen) atoms. The van der Waals surface area contributed by atoms with Crippen LogP contribution in [0.3, 0.4) is 0 Å². The van der Waals surface area contributed by atoms with Crippen LogP contribution in [0.1, 0.15) is 27.2 Å². The molecule has 5 heteroatoms. The fraction of sp³-hybridized carbons (Fsp3) is 0.667. The van der Waals surface area contributed by atoms with Crippen molar-refractivity contribution in [3.8, 4) is 0 Å². The van der Waals surface area contributed by atoms with Gasteiger partial charge in [0.1, 0.15) is 11.6 Å². The van der Waals surface area contributed by atoms with E-state index in [0.29, 0.717) is 6.54 Å². The molecule has 1 rings (SSSR count). The molecule has 0 aliphatic carbocycles. The number of rotatable bonds is 7. The number of aromatic nitrogens is 2. The van der Waals surface area contributed by atoms with E-state index in [2.05, 4.69) is 36.1 Å². The van der Waals surface area contributed by atoms with E-state index in [9.17, 15) is 0 Å². The van der Waals surface area contributed by atoms with Crippen LogP contribution in [0.5, 0.6) is 0 Å². The molecule has 0 fully saturated rings. The van der Waals surface area contributed by atoms with Gasteiger partial charge >= 0.3 is 0 Å². The Morgan fingerprint density at radius 3 is 2.76 bits per heavy atom. The van der Waals surface area contributed by atoms with Crippen LogP contribution < -0.4 is 10.2 Å². The molecule has 2 N–H and O–H groups in total. The summed E-state index contributed by atoms with van der Waals surface area (Å²) in [6.07, 6.45) is 4.50. The third-order valence-electron chi connectivity index (χ3n) is 2.44. The molecule has 0 aromatic carbocycles. The van der Waals surface area contributed by atoms with Gasteiger partial charge in [0.25, 0.3) is 0 Å². The zero-order chi connectivity index (χ0) is 12.7. The van der Waals surface area contributed by atoms with Crippen molar-refractivity contribution in [3.05, 3.63) is 12.4 Å². The average molecular weight is 238 g/mol. The zero-order valence-corrected chi connectivity index (χ0v) is 10.8. The van der Waals surface area contributed by atoms with E-state index < -0.39 is 0 Å². The van der Waals surface area contributed by atoms with Crippen molar-refractivity contribution in [2.24, 2.45) is 0 Å². The van der Waals surface area contributed by atoms with Gasteiger partial charge in [-0.1, -0.05) is 6.92 Å². The third-order valence-corrected chi connectivity index (χ3v) is 2.44. The van der Waals surface area contributed by atoms with Crippen LogP contribution in [-0.2, 0) is 0 Å². The van der Waals surface area contributed by atoms with E-state index in [1.54, 1.807) is 12.4 Å². The average Bonchev–Trinajstić information content (AvgIpc) is 2.33. The van der Waals surface area contributed by atoms with Crippen molar-refractivity contribution < 1.29 is 5.11 Å². The molecule has 0 amide bonds. The van der Waals surface area contributed by atoms with Gasteiger partial charge in [0, 0.05) is 19.1 Å². The largest absolute Gasteiger partial charge is 0.395 e. The summed E-state index contributed by atoms with van der Waals surface area (Å²) in [7, 11) is 0. The van der Waals surface area contributed by atoms with E-state index in [4.69, 9.17) is 5.11 Å². The highest BCUT2D eigenvalue weighted by atomic mass is 16.3. The summed E-state index contributed by atoms with van der Waals surface area (Å²) in [6.45, 7) is 7.83. The van der Waals surface area contributed by atoms with Gasteiger partial charge in [0.2, 0.25) is 0 Å². The van der Waals surface area contributed by atoms with Crippen LogP contribution in [0.25, 0.3) is 0 Å². The van der Waals surface area contributed by atoms with Gasteiger partial charge < -0.3 is 15.3 Å².